The Morgan fingerprint density at radius 1 is 1.08 bits per heavy atom. The Bertz CT molecular complexity index is 712. The van der Waals surface area contributed by atoms with Gasteiger partial charge in [0.05, 0.1) is 5.25 Å². The van der Waals surface area contributed by atoms with Crippen LogP contribution in [-0.2, 0) is 11.3 Å². The van der Waals surface area contributed by atoms with Crippen molar-refractivity contribution in [1.82, 2.24) is 5.32 Å². The fourth-order valence-electron chi connectivity index (χ4n) is 3.08. The Kier molecular flexibility index (Phi) is 6.86. The van der Waals surface area contributed by atoms with Gasteiger partial charge in [-0.25, -0.2) is 0 Å². The molecule has 0 saturated carbocycles. The lowest BCUT2D eigenvalue weighted by Crippen LogP contribution is -2.30. The van der Waals surface area contributed by atoms with E-state index in [4.69, 9.17) is 11.6 Å². The zero-order valence-electron chi connectivity index (χ0n) is 15.1. The van der Waals surface area contributed by atoms with Crippen molar-refractivity contribution in [2.75, 3.05) is 18.0 Å². The van der Waals surface area contributed by atoms with Gasteiger partial charge in [-0.05, 0) is 68.1 Å². The maximum atomic E-state index is 12.3. The Morgan fingerprint density at radius 3 is 2.38 bits per heavy atom. The lowest BCUT2D eigenvalue weighted by Gasteiger charge is -2.28. The van der Waals surface area contributed by atoms with Crippen molar-refractivity contribution in [3.63, 3.8) is 0 Å². The summed E-state index contributed by atoms with van der Waals surface area (Å²) < 4.78 is 0. The van der Waals surface area contributed by atoms with Crippen molar-refractivity contribution in [2.45, 2.75) is 42.9 Å². The molecular weight excluding hydrogens is 364 g/mol. The second-order valence-electron chi connectivity index (χ2n) is 6.65. The minimum absolute atomic E-state index is 0.0463. The van der Waals surface area contributed by atoms with E-state index in [1.54, 1.807) is 0 Å². The summed E-state index contributed by atoms with van der Waals surface area (Å²) in [6.45, 7) is 4.78. The summed E-state index contributed by atoms with van der Waals surface area (Å²) >= 11 is 7.44. The molecule has 138 valence electrons. The van der Waals surface area contributed by atoms with Gasteiger partial charge in [0.15, 0.2) is 0 Å². The van der Waals surface area contributed by atoms with Crippen LogP contribution in [-0.4, -0.2) is 24.2 Å². The number of carbonyl (C=O) groups excluding carboxylic acids is 1. The largest absolute Gasteiger partial charge is 0.372 e. The van der Waals surface area contributed by atoms with Crippen LogP contribution in [0.15, 0.2) is 53.4 Å². The van der Waals surface area contributed by atoms with Gasteiger partial charge in [-0.2, -0.15) is 0 Å². The number of nitrogens with one attached hydrogen (secondary N) is 1. The number of hydrogen-bond donors (Lipinski definition) is 1. The van der Waals surface area contributed by atoms with Crippen LogP contribution in [0, 0.1) is 0 Å². The van der Waals surface area contributed by atoms with Gasteiger partial charge < -0.3 is 10.2 Å². The standard InChI is InChI=1S/C21H25ClN2OS/c1-16(26-20-11-7-18(22)8-12-20)21(25)23-15-17-5-9-19(10-6-17)24-13-3-2-4-14-24/h5-12,16H,2-4,13-15H2,1H3,(H,23,25)/t16-/m0/s1. The number of hydrogen-bond acceptors (Lipinski definition) is 3. The number of carbonyl (C=O) groups is 1. The van der Waals surface area contributed by atoms with E-state index in [0.29, 0.717) is 11.6 Å². The second-order valence-corrected chi connectivity index (χ2v) is 8.50. The molecule has 1 heterocycles. The molecule has 3 rings (SSSR count). The highest BCUT2D eigenvalue weighted by molar-refractivity contribution is 8.00. The molecule has 0 bridgehead atoms. The Balaban J connectivity index is 1.48. The molecule has 1 atom stereocenters. The molecule has 1 aliphatic heterocycles. The van der Waals surface area contributed by atoms with Crippen molar-refractivity contribution in [3.05, 3.63) is 59.1 Å². The van der Waals surface area contributed by atoms with Crippen molar-refractivity contribution >= 4 is 35.0 Å². The lowest BCUT2D eigenvalue weighted by atomic mass is 10.1. The number of piperidine rings is 1. The van der Waals surface area contributed by atoms with Gasteiger partial charge in [-0.3, -0.25) is 4.79 Å². The molecule has 1 fully saturated rings. The van der Waals surface area contributed by atoms with E-state index in [1.807, 2.05) is 31.2 Å². The minimum Gasteiger partial charge on any atom is -0.372 e. The third kappa shape index (κ3) is 5.42. The highest BCUT2D eigenvalue weighted by atomic mass is 35.5. The highest BCUT2D eigenvalue weighted by Crippen LogP contribution is 2.25. The van der Waals surface area contributed by atoms with Crippen molar-refractivity contribution in [1.29, 1.82) is 0 Å². The van der Waals surface area contributed by atoms with E-state index >= 15 is 0 Å². The molecule has 1 saturated heterocycles. The number of amides is 1. The zero-order valence-corrected chi connectivity index (χ0v) is 16.7. The normalized spacial score (nSPS) is 15.5. The van der Waals surface area contributed by atoms with E-state index in [1.165, 1.54) is 36.7 Å². The van der Waals surface area contributed by atoms with E-state index in [0.717, 1.165) is 23.5 Å². The Hall–Kier alpha value is -1.65. The number of thioether (sulfide) groups is 1. The second kappa shape index (κ2) is 9.33. The summed E-state index contributed by atoms with van der Waals surface area (Å²) in [5.41, 5.74) is 2.41. The van der Waals surface area contributed by atoms with Crippen molar-refractivity contribution < 1.29 is 4.79 Å². The summed E-state index contributed by atoms with van der Waals surface area (Å²) in [5, 5.41) is 3.59. The third-order valence-electron chi connectivity index (χ3n) is 4.62. The molecule has 0 radical (unpaired) electrons. The summed E-state index contributed by atoms with van der Waals surface area (Å²) in [7, 11) is 0. The first-order chi connectivity index (χ1) is 12.6. The monoisotopic (exact) mass is 388 g/mol. The highest BCUT2D eigenvalue weighted by Gasteiger charge is 2.14. The molecule has 3 nitrogen and oxygen atoms in total. The Morgan fingerprint density at radius 2 is 1.73 bits per heavy atom. The molecule has 0 spiro atoms. The zero-order chi connectivity index (χ0) is 18.4. The molecule has 0 aliphatic carbocycles. The van der Waals surface area contributed by atoms with Crippen LogP contribution in [0.4, 0.5) is 5.69 Å². The number of anilines is 1. The molecule has 26 heavy (non-hydrogen) atoms. The summed E-state index contributed by atoms with van der Waals surface area (Å²) in [5.74, 6) is 0.0463. The van der Waals surface area contributed by atoms with Crippen LogP contribution in [0.2, 0.25) is 5.02 Å². The summed E-state index contributed by atoms with van der Waals surface area (Å²) in [4.78, 5) is 15.8. The molecule has 2 aromatic rings. The van der Waals surface area contributed by atoms with Crippen LogP contribution >= 0.6 is 23.4 Å². The number of nitrogens with zero attached hydrogens (tertiary/aromatic N) is 1. The van der Waals surface area contributed by atoms with Gasteiger partial charge in [-0.1, -0.05) is 23.7 Å². The average molecular weight is 389 g/mol. The molecule has 0 aromatic heterocycles. The average Bonchev–Trinajstić information content (AvgIpc) is 2.69. The number of benzene rings is 2. The van der Waals surface area contributed by atoms with Gasteiger partial charge in [0.1, 0.15) is 0 Å². The predicted octanol–water partition coefficient (Wildman–Crippen LogP) is 5.13. The van der Waals surface area contributed by atoms with Crippen LogP contribution in [0.25, 0.3) is 0 Å². The van der Waals surface area contributed by atoms with Crippen molar-refractivity contribution in [3.8, 4) is 0 Å². The first kappa shape index (κ1) is 19.1. The molecule has 1 aliphatic rings. The number of rotatable bonds is 6. The molecular formula is C21H25ClN2OS. The third-order valence-corrected chi connectivity index (χ3v) is 5.98. The van der Waals surface area contributed by atoms with Gasteiger partial charge in [0.2, 0.25) is 5.91 Å². The first-order valence-corrected chi connectivity index (χ1v) is 10.4. The first-order valence-electron chi connectivity index (χ1n) is 9.15. The molecule has 1 amide bonds. The van der Waals surface area contributed by atoms with Gasteiger partial charge in [0, 0.05) is 35.2 Å². The van der Waals surface area contributed by atoms with E-state index in [-0.39, 0.29) is 11.2 Å². The van der Waals surface area contributed by atoms with Gasteiger partial charge >= 0.3 is 0 Å². The van der Waals surface area contributed by atoms with Crippen LogP contribution < -0.4 is 10.2 Å². The quantitative estimate of drug-likeness (QED) is 0.696. The summed E-state index contributed by atoms with van der Waals surface area (Å²) in [6.07, 6.45) is 3.90. The summed E-state index contributed by atoms with van der Waals surface area (Å²) in [6, 6.07) is 16.1. The molecule has 2 aromatic carbocycles. The fraction of sp³-hybridized carbons (Fsp3) is 0.381. The van der Waals surface area contributed by atoms with Gasteiger partial charge in [-0.15, -0.1) is 11.8 Å². The topological polar surface area (TPSA) is 32.3 Å². The molecule has 1 N–H and O–H groups in total. The molecule has 0 unspecified atom stereocenters. The van der Waals surface area contributed by atoms with Gasteiger partial charge in [0.25, 0.3) is 0 Å². The van der Waals surface area contributed by atoms with Crippen LogP contribution in [0.1, 0.15) is 31.7 Å². The minimum atomic E-state index is -0.149. The number of halogens is 1. The van der Waals surface area contributed by atoms with Crippen LogP contribution in [0.3, 0.4) is 0 Å². The van der Waals surface area contributed by atoms with Crippen LogP contribution in [0.5, 0.6) is 0 Å². The fourth-order valence-corrected chi connectivity index (χ4v) is 4.10. The lowest BCUT2D eigenvalue weighted by molar-refractivity contribution is -0.120. The predicted molar refractivity (Wildman–Crippen MR) is 111 cm³/mol. The SMILES string of the molecule is C[C@H](Sc1ccc(Cl)cc1)C(=O)NCc1ccc(N2CCCCC2)cc1. The smallest absolute Gasteiger partial charge is 0.233 e. The Labute approximate surface area is 165 Å². The van der Waals surface area contributed by atoms with E-state index < -0.39 is 0 Å². The van der Waals surface area contributed by atoms with Crippen molar-refractivity contribution in [2.24, 2.45) is 0 Å². The maximum absolute atomic E-state index is 12.3. The van der Waals surface area contributed by atoms with E-state index in [9.17, 15) is 4.79 Å². The van der Waals surface area contributed by atoms with E-state index in [2.05, 4.69) is 34.5 Å². The maximum Gasteiger partial charge on any atom is 0.233 e. The molecule has 5 heteroatoms.